The third-order valence-corrected chi connectivity index (χ3v) is 3.63. The fourth-order valence-electron chi connectivity index (χ4n) is 2.50. The smallest absolute Gasteiger partial charge is 0.295 e. The Bertz CT molecular complexity index is 575. The molecular weight excluding hydrogens is 278 g/mol. The molecule has 1 amide bonds. The van der Waals surface area contributed by atoms with E-state index in [2.05, 4.69) is 22.1 Å². The Labute approximate surface area is 132 Å². The number of hydrogen-bond acceptors (Lipinski definition) is 3. The summed E-state index contributed by atoms with van der Waals surface area (Å²) in [5.41, 5.74) is -0.166. The summed E-state index contributed by atoms with van der Waals surface area (Å²) in [5, 5.41) is 2.91. The van der Waals surface area contributed by atoms with Gasteiger partial charge in [-0.1, -0.05) is 5.92 Å². The van der Waals surface area contributed by atoms with Gasteiger partial charge in [0.15, 0.2) is 0 Å². The van der Waals surface area contributed by atoms with E-state index >= 15 is 0 Å². The number of rotatable bonds is 3. The van der Waals surface area contributed by atoms with Crippen LogP contribution in [0.15, 0.2) is 12.4 Å². The second-order valence-electron chi connectivity index (χ2n) is 6.80. The first-order chi connectivity index (χ1) is 10.4. The highest BCUT2D eigenvalue weighted by Crippen LogP contribution is 2.32. The van der Waals surface area contributed by atoms with Crippen molar-refractivity contribution in [3.05, 3.63) is 18.2 Å². The number of nitrogens with zero attached hydrogens (tertiary/aromatic N) is 2. The van der Waals surface area contributed by atoms with Crippen molar-refractivity contribution in [1.82, 2.24) is 14.9 Å². The van der Waals surface area contributed by atoms with Crippen molar-refractivity contribution in [2.24, 2.45) is 18.4 Å². The van der Waals surface area contributed by atoms with Crippen LogP contribution in [0.2, 0.25) is 0 Å². The molecule has 22 heavy (non-hydrogen) atoms. The molecule has 2 heterocycles. The van der Waals surface area contributed by atoms with Gasteiger partial charge in [0.25, 0.3) is 5.91 Å². The summed E-state index contributed by atoms with van der Waals surface area (Å²) >= 11 is 0. The average Bonchev–Trinajstić information content (AvgIpc) is 2.88. The second kappa shape index (κ2) is 6.97. The van der Waals surface area contributed by atoms with Gasteiger partial charge in [0.2, 0.25) is 0 Å². The van der Waals surface area contributed by atoms with Crippen molar-refractivity contribution >= 4 is 5.91 Å². The van der Waals surface area contributed by atoms with E-state index < -0.39 is 0 Å². The van der Waals surface area contributed by atoms with Crippen molar-refractivity contribution < 1.29 is 9.53 Å². The Morgan fingerprint density at radius 1 is 1.55 bits per heavy atom. The first-order valence-corrected chi connectivity index (χ1v) is 7.76. The van der Waals surface area contributed by atoms with Crippen LogP contribution in [0.3, 0.4) is 0 Å². The molecule has 5 heteroatoms. The molecule has 0 unspecified atom stereocenters. The molecule has 1 saturated heterocycles. The van der Waals surface area contributed by atoms with Crippen molar-refractivity contribution in [2.45, 2.75) is 39.7 Å². The quantitative estimate of drug-likeness (QED) is 0.870. The maximum atomic E-state index is 11.8. The summed E-state index contributed by atoms with van der Waals surface area (Å²) in [5.74, 6) is 6.53. The van der Waals surface area contributed by atoms with Crippen LogP contribution in [-0.4, -0.2) is 28.6 Å². The number of carbonyl (C=O) groups excluding carboxylic acids is 1. The largest absolute Gasteiger partial charge is 0.370 e. The van der Waals surface area contributed by atoms with Crippen LogP contribution in [0, 0.1) is 23.2 Å². The molecule has 0 aliphatic carbocycles. The highest BCUT2D eigenvalue weighted by molar-refractivity contribution is 5.93. The van der Waals surface area contributed by atoms with E-state index in [9.17, 15) is 4.79 Å². The molecule has 2 atom stereocenters. The van der Waals surface area contributed by atoms with E-state index in [0.717, 1.165) is 25.3 Å². The maximum absolute atomic E-state index is 11.8. The number of nitrogens with one attached hydrogen (secondary N) is 1. The monoisotopic (exact) mass is 303 g/mol. The molecule has 5 nitrogen and oxygen atoms in total. The molecule has 0 aromatic carbocycles. The minimum atomic E-state index is -0.223. The molecule has 0 saturated carbocycles. The number of amides is 1. The van der Waals surface area contributed by atoms with Crippen LogP contribution in [0.5, 0.6) is 0 Å². The van der Waals surface area contributed by atoms with Gasteiger partial charge in [-0.3, -0.25) is 4.79 Å². The van der Waals surface area contributed by atoms with E-state index in [0.29, 0.717) is 6.54 Å². The molecule has 0 radical (unpaired) electrons. The molecule has 1 fully saturated rings. The van der Waals surface area contributed by atoms with Crippen molar-refractivity contribution in [3.63, 3.8) is 0 Å². The van der Waals surface area contributed by atoms with Crippen molar-refractivity contribution in [2.75, 3.05) is 13.2 Å². The van der Waals surface area contributed by atoms with Crippen LogP contribution in [0.4, 0.5) is 0 Å². The molecule has 2 rings (SSSR count). The van der Waals surface area contributed by atoms with E-state index in [1.165, 1.54) is 0 Å². The molecule has 0 spiro atoms. The molecule has 1 aliphatic heterocycles. The number of aryl methyl sites for hydroxylation is 1. The van der Waals surface area contributed by atoms with E-state index in [-0.39, 0.29) is 23.3 Å². The summed E-state index contributed by atoms with van der Waals surface area (Å²) in [4.78, 5) is 16.2. The summed E-state index contributed by atoms with van der Waals surface area (Å²) in [7, 11) is 1.96. The molecular formula is C17H25N3O2. The summed E-state index contributed by atoms with van der Waals surface area (Å²) < 4.78 is 7.87. The van der Waals surface area contributed by atoms with Crippen LogP contribution in [-0.2, 0) is 16.6 Å². The molecule has 1 aliphatic rings. The lowest BCUT2D eigenvalue weighted by molar-refractivity contribution is -0.116. The van der Waals surface area contributed by atoms with Gasteiger partial charge in [-0.05, 0) is 39.5 Å². The number of carbonyl (C=O) groups is 1. The Morgan fingerprint density at radius 3 is 2.95 bits per heavy atom. The van der Waals surface area contributed by atoms with Crippen LogP contribution < -0.4 is 5.32 Å². The molecule has 1 aromatic rings. The minimum absolute atomic E-state index is 0.0652. The highest BCUT2D eigenvalue weighted by Gasteiger charge is 2.30. The topological polar surface area (TPSA) is 56.1 Å². The Kier molecular flexibility index (Phi) is 5.25. The molecule has 0 bridgehead atoms. The van der Waals surface area contributed by atoms with E-state index in [1.54, 1.807) is 6.20 Å². The lowest BCUT2D eigenvalue weighted by Gasteiger charge is -2.31. The lowest BCUT2D eigenvalue weighted by Crippen LogP contribution is -2.35. The second-order valence-corrected chi connectivity index (χ2v) is 6.80. The molecule has 1 aromatic heterocycles. The van der Waals surface area contributed by atoms with Gasteiger partial charge >= 0.3 is 0 Å². The van der Waals surface area contributed by atoms with Gasteiger partial charge in [0.05, 0.1) is 0 Å². The van der Waals surface area contributed by atoms with E-state index in [1.807, 2.05) is 38.6 Å². The fourth-order valence-corrected chi connectivity index (χ4v) is 2.50. The fraction of sp³-hybridized carbons (Fsp3) is 0.647. The average molecular weight is 303 g/mol. The predicted molar refractivity (Wildman–Crippen MR) is 84.9 cm³/mol. The Balaban J connectivity index is 1.96. The highest BCUT2D eigenvalue weighted by atomic mass is 16.5. The third kappa shape index (κ3) is 4.60. The van der Waals surface area contributed by atoms with E-state index in [4.69, 9.17) is 4.74 Å². The van der Waals surface area contributed by atoms with Gasteiger partial charge in [0.1, 0.15) is 11.9 Å². The summed E-state index contributed by atoms with van der Waals surface area (Å²) in [6.07, 6.45) is 5.65. The first-order valence-electron chi connectivity index (χ1n) is 7.76. The third-order valence-electron chi connectivity index (χ3n) is 3.63. The van der Waals surface area contributed by atoms with Gasteiger partial charge in [-0.15, -0.1) is 0 Å². The van der Waals surface area contributed by atoms with Gasteiger partial charge in [-0.25, -0.2) is 4.98 Å². The van der Waals surface area contributed by atoms with Gasteiger partial charge in [0, 0.05) is 43.9 Å². The van der Waals surface area contributed by atoms with Gasteiger partial charge < -0.3 is 14.6 Å². The standard InChI is InChI=1S/C17H25N3O2/c1-17(2,3)8-7-14(21)19-12-13-6-5-11-22-15(13)16-18-9-10-20(16)4/h9-10,13,15H,5-6,11-12H2,1-4H3,(H,19,21)/t13-,15+/m0/s1. The number of imidazole rings is 1. The van der Waals surface area contributed by atoms with Crippen molar-refractivity contribution in [1.29, 1.82) is 0 Å². The molecule has 1 N–H and O–H groups in total. The molecule has 120 valence electrons. The maximum Gasteiger partial charge on any atom is 0.295 e. The normalized spacial score (nSPS) is 21.8. The zero-order valence-electron chi connectivity index (χ0n) is 13.8. The van der Waals surface area contributed by atoms with Crippen LogP contribution >= 0.6 is 0 Å². The number of aromatic nitrogens is 2. The zero-order valence-corrected chi connectivity index (χ0v) is 13.8. The van der Waals surface area contributed by atoms with Crippen LogP contribution in [0.25, 0.3) is 0 Å². The lowest BCUT2D eigenvalue weighted by atomic mass is 9.93. The van der Waals surface area contributed by atoms with Crippen molar-refractivity contribution in [3.8, 4) is 11.8 Å². The Hall–Kier alpha value is -1.80. The Morgan fingerprint density at radius 2 is 2.32 bits per heavy atom. The minimum Gasteiger partial charge on any atom is -0.370 e. The summed E-state index contributed by atoms with van der Waals surface area (Å²) in [6.45, 7) is 7.26. The predicted octanol–water partition coefficient (Wildman–Crippen LogP) is 2.05. The number of ether oxygens (including phenoxy) is 1. The zero-order chi connectivity index (χ0) is 16.2. The first kappa shape index (κ1) is 16.6. The number of hydrogen-bond donors (Lipinski definition) is 1. The summed E-state index contributed by atoms with van der Waals surface area (Å²) in [6, 6.07) is 0. The van der Waals surface area contributed by atoms with Crippen LogP contribution in [0.1, 0.15) is 45.5 Å². The van der Waals surface area contributed by atoms with Gasteiger partial charge in [-0.2, -0.15) is 0 Å². The SMILES string of the molecule is Cn1ccnc1[C@@H]1OCCC[C@H]1CNC(=O)C#CC(C)(C)C.